The van der Waals surface area contributed by atoms with Gasteiger partial charge in [-0.2, -0.15) is 5.10 Å². The van der Waals surface area contributed by atoms with Gasteiger partial charge in [-0.1, -0.05) is 12.1 Å². The molecule has 0 atom stereocenters. The van der Waals surface area contributed by atoms with Crippen LogP contribution in [0.2, 0.25) is 0 Å². The number of phenolic OH excluding ortho intramolecular Hbond substituents is 1. The predicted molar refractivity (Wildman–Crippen MR) is 67.6 cm³/mol. The van der Waals surface area contributed by atoms with Gasteiger partial charge in [0.2, 0.25) is 5.91 Å². The Kier molecular flexibility index (Phi) is 3.76. The van der Waals surface area contributed by atoms with Gasteiger partial charge in [-0.05, 0) is 29.8 Å². The van der Waals surface area contributed by atoms with Crippen molar-refractivity contribution >= 4 is 12.0 Å². The lowest BCUT2D eigenvalue weighted by atomic mass is 10.2. The zero-order valence-corrected chi connectivity index (χ0v) is 9.63. The topological polar surface area (TPSA) is 78.0 Å². The van der Waals surface area contributed by atoms with Crippen LogP contribution in [0.25, 0.3) is 6.08 Å². The van der Waals surface area contributed by atoms with Crippen LogP contribution in [0.1, 0.15) is 11.3 Å². The number of hydrogen-bond acceptors (Lipinski definition) is 3. The van der Waals surface area contributed by atoms with Gasteiger partial charge in [0, 0.05) is 12.3 Å². The molecule has 0 saturated heterocycles. The molecule has 1 heterocycles. The van der Waals surface area contributed by atoms with Gasteiger partial charge in [-0.3, -0.25) is 9.89 Å². The number of nitrogens with one attached hydrogen (secondary N) is 2. The molecule has 1 aromatic carbocycles. The number of aromatic amines is 1. The highest BCUT2D eigenvalue weighted by atomic mass is 16.3. The number of carbonyl (C=O) groups excluding carboxylic acids is 1. The Morgan fingerprint density at radius 2 is 2.11 bits per heavy atom. The average molecular weight is 243 g/mol. The van der Waals surface area contributed by atoms with Crippen LogP contribution in [0.4, 0.5) is 0 Å². The maximum atomic E-state index is 11.5. The monoisotopic (exact) mass is 243 g/mol. The van der Waals surface area contributed by atoms with E-state index in [9.17, 15) is 4.79 Å². The first-order valence-corrected chi connectivity index (χ1v) is 5.47. The highest BCUT2D eigenvalue weighted by Crippen LogP contribution is 2.10. The zero-order chi connectivity index (χ0) is 12.8. The standard InChI is InChI=1S/C13H13N3O2/c17-12-4-1-10(2-5-12)3-6-13(18)14-9-11-7-8-15-16-11/h1-8,17H,9H2,(H,14,18)(H,15,16)/b6-3+. The van der Waals surface area contributed by atoms with E-state index in [4.69, 9.17) is 5.11 Å². The molecule has 0 saturated carbocycles. The first kappa shape index (κ1) is 11.9. The smallest absolute Gasteiger partial charge is 0.244 e. The zero-order valence-electron chi connectivity index (χ0n) is 9.63. The van der Waals surface area contributed by atoms with E-state index in [2.05, 4.69) is 15.5 Å². The van der Waals surface area contributed by atoms with E-state index < -0.39 is 0 Å². The summed E-state index contributed by atoms with van der Waals surface area (Å²) in [5.74, 6) is 0.0218. The third-order valence-electron chi connectivity index (χ3n) is 2.33. The molecule has 5 nitrogen and oxygen atoms in total. The fraction of sp³-hybridized carbons (Fsp3) is 0.0769. The van der Waals surface area contributed by atoms with Crippen molar-refractivity contribution in [1.82, 2.24) is 15.5 Å². The second kappa shape index (κ2) is 5.67. The van der Waals surface area contributed by atoms with Crippen molar-refractivity contribution in [2.75, 3.05) is 0 Å². The number of H-pyrrole nitrogens is 1. The van der Waals surface area contributed by atoms with Gasteiger partial charge in [0.05, 0.1) is 12.2 Å². The van der Waals surface area contributed by atoms with Crippen molar-refractivity contribution < 1.29 is 9.90 Å². The van der Waals surface area contributed by atoms with Crippen LogP contribution in [-0.2, 0) is 11.3 Å². The lowest BCUT2D eigenvalue weighted by molar-refractivity contribution is -0.116. The van der Waals surface area contributed by atoms with Crippen LogP contribution in [0.3, 0.4) is 0 Å². The van der Waals surface area contributed by atoms with Gasteiger partial charge in [0.15, 0.2) is 0 Å². The van der Waals surface area contributed by atoms with Crippen molar-refractivity contribution in [2.24, 2.45) is 0 Å². The van der Waals surface area contributed by atoms with Crippen LogP contribution >= 0.6 is 0 Å². The summed E-state index contributed by atoms with van der Waals surface area (Å²) in [6, 6.07) is 8.40. The lowest BCUT2D eigenvalue weighted by Crippen LogP contribution is -2.20. The number of aromatic nitrogens is 2. The van der Waals surface area contributed by atoms with Crippen LogP contribution < -0.4 is 5.32 Å². The molecule has 0 aliphatic heterocycles. The van der Waals surface area contributed by atoms with E-state index >= 15 is 0 Å². The summed E-state index contributed by atoms with van der Waals surface area (Å²) in [6.45, 7) is 0.415. The number of benzene rings is 1. The van der Waals surface area contributed by atoms with E-state index in [1.807, 2.05) is 0 Å². The van der Waals surface area contributed by atoms with E-state index in [1.165, 1.54) is 6.08 Å². The SMILES string of the molecule is O=C(/C=C/c1ccc(O)cc1)NCc1ccn[nH]1. The Labute approximate surface area is 104 Å². The van der Waals surface area contributed by atoms with E-state index in [1.54, 1.807) is 42.6 Å². The molecule has 0 aliphatic carbocycles. The third kappa shape index (κ3) is 3.48. The molecule has 0 bridgehead atoms. The summed E-state index contributed by atoms with van der Waals surface area (Å²) in [5.41, 5.74) is 1.70. The molecule has 2 rings (SSSR count). The molecule has 92 valence electrons. The minimum absolute atomic E-state index is 0.183. The molecular weight excluding hydrogens is 230 g/mol. The maximum Gasteiger partial charge on any atom is 0.244 e. The first-order chi connectivity index (χ1) is 8.74. The first-order valence-electron chi connectivity index (χ1n) is 5.47. The Bertz CT molecular complexity index is 530. The van der Waals surface area contributed by atoms with Crippen LogP contribution in [-0.4, -0.2) is 21.2 Å². The predicted octanol–water partition coefficient (Wildman–Crippen LogP) is 1.44. The Hall–Kier alpha value is -2.56. The quantitative estimate of drug-likeness (QED) is 0.711. The molecule has 0 unspecified atom stereocenters. The second-order valence-electron chi connectivity index (χ2n) is 3.72. The molecule has 3 N–H and O–H groups in total. The number of phenols is 1. The summed E-state index contributed by atoms with van der Waals surface area (Å²) >= 11 is 0. The Morgan fingerprint density at radius 1 is 1.33 bits per heavy atom. The minimum atomic E-state index is -0.183. The second-order valence-corrected chi connectivity index (χ2v) is 3.72. The van der Waals surface area contributed by atoms with Crippen molar-refractivity contribution in [2.45, 2.75) is 6.54 Å². The number of nitrogens with zero attached hydrogens (tertiary/aromatic N) is 1. The minimum Gasteiger partial charge on any atom is -0.508 e. The Balaban J connectivity index is 1.85. The maximum absolute atomic E-state index is 11.5. The highest BCUT2D eigenvalue weighted by molar-refractivity contribution is 5.91. The van der Waals surface area contributed by atoms with Crippen LogP contribution in [0.5, 0.6) is 5.75 Å². The molecule has 18 heavy (non-hydrogen) atoms. The van der Waals surface area contributed by atoms with Gasteiger partial charge in [0.1, 0.15) is 5.75 Å². The molecule has 1 aromatic heterocycles. The number of carbonyl (C=O) groups is 1. The molecular formula is C13H13N3O2. The fourth-order valence-corrected chi connectivity index (χ4v) is 1.38. The molecule has 0 aliphatic rings. The van der Waals surface area contributed by atoms with Gasteiger partial charge in [-0.15, -0.1) is 0 Å². The molecule has 0 radical (unpaired) electrons. The number of hydrogen-bond donors (Lipinski definition) is 3. The van der Waals surface area contributed by atoms with Crippen molar-refractivity contribution in [3.63, 3.8) is 0 Å². The molecule has 0 fully saturated rings. The summed E-state index contributed by atoms with van der Waals surface area (Å²) < 4.78 is 0. The Morgan fingerprint density at radius 3 is 2.78 bits per heavy atom. The van der Waals surface area contributed by atoms with Crippen LogP contribution in [0.15, 0.2) is 42.6 Å². The lowest BCUT2D eigenvalue weighted by Gasteiger charge is -1.99. The van der Waals surface area contributed by atoms with Gasteiger partial charge in [0.25, 0.3) is 0 Å². The van der Waals surface area contributed by atoms with Crippen molar-refractivity contribution in [3.8, 4) is 5.75 Å². The summed E-state index contributed by atoms with van der Waals surface area (Å²) in [4.78, 5) is 11.5. The number of amides is 1. The average Bonchev–Trinajstić information content (AvgIpc) is 2.89. The fourth-order valence-electron chi connectivity index (χ4n) is 1.38. The van der Waals surface area contributed by atoms with E-state index in [0.29, 0.717) is 6.54 Å². The van der Waals surface area contributed by atoms with Crippen molar-refractivity contribution in [1.29, 1.82) is 0 Å². The molecule has 0 spiro atoms. The summed E-state index contributed by atoms with van der Waals surface area (Å²) in [6.07, 6.45) is 4.76. The van der Waals surface area contributed by atoms with E-state index in [0.717, 1.165) is 11.3 Å². The van der Waals surface area contributed by atoms with Crippen LogP contribution in [0, 0.1) is 0 Å². The van der Waals surface area contributed by atoms with Crippen molar-refractivity contribution in [3.05, 3.63) is 53.9 Å². The van der Waals surface area contributed by atoms with Gasteiger partial charge >= 0.3 is 0 Å². The van der Waals surface area contributed by atoms with Gasteiger partial charge < -0.3 is 10.4 Å². The number of aromatic hydroxyl groups is 1. The molecule has 1 amide bonds. The molecule has 5 heteroatoms. The summed E-state index contributed by atoms with van der Waals surface area (Å²) in [5, 5.41) is 18.4. The molecule has 2 aromatic rings. The largest absolute Gasteiger partial charge is 0.508 e. The van der Waals surface area contributed by atoms with E-state index in [-0.39, 0.29) is 11.7 Å². The summed E-state index contributed by atoms with van der Waals surface area (Å²) in [7, 11) is 0. The normalized spacial score (nSPS) is 10.7. The third-order valence-corrected chi connectivity index (χ3v) is 2.33. The number of rotatable bonds is 4. The van der Waals surface area contributed by atoms with Gasteiger partial charge in [-0.25, -0.2) is 0 Å². The highest BCUT2D eigenvalue weighted by Gasteiger charge is 1.97.